The molecule has 1 aromatic carbocycles. The number of hydrogen-bond acceptors (Lipinski definition) is 4. The van der Waals surface area contributed by atoms with Crippen LogP contribution in [0.2, 0.25) is 0 Å². The molecule has 1 aromatic rings. The topological polar surface area (TPSA) is 75.7 Å². The minimum Gasteiger partial charge on any atom is -0.493 e. The normalized spacial score (nSPS) is 16.3. The average molecular weight is 354 g/mol. The molecule has 6 nitrogen and oxygen atoms in total. The highest BCUT2D eigenvalue weighted by Gasteiger charge is 2.22. The number of benzene rings is 1. The maximum Gasteiger partial charge on any atom is 0.223 e. The van der Waals surface area contributed by atoms with E-state index in [2.05, 4.69) is 5.32 Å². The summed E-state index contributed by atoms with van der Waals surface area (Å²) in [4.78, 5) is 11.8. The summed E-state index contributed by atoms with van der Waals surface area (Å²) in [6, 6.07) is 9.27. The number of nitrogens with zero attached hydrogens (tertiary/aromatic N) is 1. The molecule has 0 aliphatic carbocycles. The lowest BCUT2D eigenvalue weighted by atomic mass is 10.2. The fraction of sp³-hybridized carbons (Fsp3) is 0.588. The Morgan fingerprint density at radius 2 is 1.75 bits per heavy atom. The smallest absolute Gasteiger partial charge is 0.223 e. The van der Waals surface area contributed by atoms with Gasteiger partial charge in [0.2, 0.25) is 15.9 Å². The van der Waals surface area contributed by atoms with Gasteiger partial charge in [0, 0.05) is 19.6 Å². The van der Waals surface area contributed by atoms with Crippen LogP contribution in [-0.4, -0.2) is 50.6 Å². The lowest BCUT2D eigenvalue weighted by Gasteiger charge is -2.19. The van der Waals surface area contributed by atoms with Crippen LogP contribution in [0, 0.1) is 0 Å². The molecular formula is C17H26N2O4S. The van der Waals surface area contributed by atoms with Crippen molar-refractivity contribution in [3.63, 3.8) is 0 Å². The third-order valence-electron chi connectivity index (χ3n) is 3.98. The first-order valence-corrected chi connectivity index (χ1v) is 10.1. The van der Waals surface area contributed by atoms with E-state index in [1.165, 1.54) is 0 Å². The minimum absolute atomic E-state index is 0.0434. The van der Waals surface area contributed by atoms with Gasteiger partial charge in [-0.05, 0) is 25.0 Å². The van der Waals surface area contributed by atoms with Gasteiger partial charge in [-0.2, -0.15) is 0 Å². The van der Waals surface area contributed by atoms with Gasteiger partial charge in [0.1, 0.15) is 5.75 Å². The van der Waals surface area contributed by atoms with Crippen LogP contribution < -0.4 is 10.1 Å². The third-order valence-corrected chi connectivity index (χ3v) is 5.85. The zero-order chi connectivity index (χ0) is 17.3. The molecule has 0 radical (unpaired) electrons. The monoisotopic (exact) mass is 354 g/mol. The fourth-order valence-electron chi connectivity index (χ4n) is 2.64. The predicted octanol–water partition coefficient (Wildman–Crippen LogP) is 1.78. The molecule has 0 atom stereocenters. The van der Waals surface area contributed by atoms with E-state index in [0.29, 0.717) is 18.8 Å². The van der Waals surface area contributed by atoms with E-state index in [1.54, 1.807) is 4.31 Å². The Balaban J connectivity index is 1.64. The summed E-state index contributed by atoms with van der Waals surface area (Å²) >= 11 is 0. The van der Waals surface area contributed by atoms with Gasteiger partial charge in [-0.1, -0.05) is 31.0 Å². The van der Waals surface area contributed by atoms with Crippen molar-refractivity contribution in [3.05, 3.63) is 30.3 Å². The summed E-state index contributed by atoms with van der Waals surface area (Å²) in [6.07, 6.45) is 4.22. The molecule has 7 heteroatoms. The number of amides is 1. The Labute approximate surface area is 144 Å². The highest BCUT2D eigenvalue weighted by Crippen LogP contribution is 2.13. The Morgan fingerprint density at radius 1 is 1.08 bits per heavy atom. The molecule has 0 spiro atoms. The molecule has 1 aliphatic heterocycles. The van der Waals surface area contributed by atoms with Crippen molar-refractivity contribution in [2.24, 2.45) is 0 Å². The summed E-state index contributed by atoms with van der Waals surface area (Å²) in [7, 11) is -3.28. The number of hydrogen-bond donors (Lipinski definition) is 1. The van der Waals surface area contributed by atoms with Crippen LogP contribution in [0.4, 0.5) is 0 Å². The van der Waals surface area contributed by atoms with E-state index in [0.717, 1.165) is 25.7 Å². The molecule has 1 aliphatic rings. The second-order valence-corrected chi connectivity index (χ2v) is 7.98. The molecule has 1 heterocycles. The van der Waals surface area contributed by atoms with E-state index in [4.69, 9.17) is 4.74 Å². The van der Waals surface area contributed by atoms with Gasteiger partial charge in [0.05, 0.1) is 18.8 Å². The van der Waals surface area contributed by atoms with Crippen LogP contribution >= 0.6 is 0 Å². The maximum absolute atomic E-state index is 12.3. The van der Waals surface area contributed by atoms with E-state index in [9.17, 15) is 13.2 Å². The van der Waals surface area contributed by atoms with Crippen LogP contribution in [0.1, 0.15) is 32.1 Å². The van der Waals surface area contributed by atoms with Crippen molar-refractivity contribution >= 4 is 15.9 Å². The second-order valence-electron chi connectivity index (χ2n) is 5.89. The average Bonchev–Trinajstić information content (AvgIpc) is 2.85. The number of carbonyl (C=O) groups is 1. The Kier molecular flexibility index (Phi) is 7.52. The zero-order valence-corrected chi connectivity index (χ0v) is 14.8. The Morgan fingerprint density at radius 3 is 2.42 bits per heavy atom. The number of ether oxygens (including phenoxy) is 1. The molecule has 2 rings (SSSR count). The summed E-state index contributed by atoms with van der Waals surface area (Å²) in [6.45, 7) is 1.61. The van der Waals surface area contributed by atoms with Crippen LogP contribution in [-0.2, 0) is 14.8 Å². The highest BCUT2D eigenvalue weighted by atomic mass is 32.2. The molecule has 0 saturated carbocycles. The number of nitrogens with one attached hydrogen (secondary N) is 1. The van der Waals surface area contributed by atoms with E-state index in [-0.39, 0.29) is 31.2 Å². The largest absolute Gasteiger partial charge is 0.493 e. The number of sulfonamides is 1. The van der Waals surface area contributed by atoms with Crippen molar-refractivity contribution < 1.29 is 17.9 Å². The van der Waals surface area contributed by atoms with Crippen LogP contribution in [0.3, 0.4) is 0 Å². The Bertz CT molecular complexity index is 596. The molecule has 1 N–H and O–H groups in total. The first-order valence-electron chi connectivity index (χ1n) is 8.50. The quantitative estimate of drug-likeness (QED) is 0.772. The number of rotatable bonds is 8. The first kappa shape index (κ1) is 18.7. The molecule has 1 amide bonds. The van der Waals surface area contributed by atoms with Crippen LogP contribution in [0.25, 0.3) is 0 Å². The molecule has 24 heavy (non-hydrogen) atoms. The summed E-state index contributed by atoms with van der Waals surface area (Å²) in [5.74, 6) is 0.476. The van der Waals surface area contributed by atoms with Gasteiger partial charge in [0.25, 0.3) is 0 Å². The fourth-order valence-corrected chi connectivity index (χ4v) is 4.07. The van der Waals surface area contributed by atoms with Crippen molar-refractivity contribution in [1.29, 1.82) is 0 Å². The standard InChI is InChI=1S/C17H26N2O4S/c20-17(10-14-23-16-8-4-3-5-9-16)18-11-15-24(21,22)19-12-6-1-2-7-13-19/h3-5,8-9H,1-2,6-7,10-15H2,(H,18,20). The van der Waals surface area contributed by atoms with Gasteiger partial charge in [0.15, 0.2) is 0 Å². The Hall–Kier alpha value is -1.60. The lowest BCUT2D eigenvalue weighted by molar-refractivity contribution is -0.121. The van der Waals surface area contributed by atoms with Gasteiger partial charge in [-0.25, -0.2) is 12.7 Å². The lowest BCUT2D eigenvalue weighted by Crippen LogP contribution is -2.38. The van der Waals surface area contributed by atoms with Crippen molar-refractivity contribution in [3.8, 4) is 5.75 Å². The van der Waals surface area contributed by atoms with Crippen molar-refractivity contribution in [2.75, 3.05) is 32.0 Å². The van der Waals surface area contributed by atoms with E-state index >= 15 is 0 Å². The summed E-state index contributed by atoms with van der Waals surface area (Å²) in [5, 5.41) is 2.65. The molecule has 134 valence electrons. The first-order chi connectivity index (χ1) is 11.6. The SMILES string of the molecule is O=C(CCOc1ccccc1)NCCS(=O)(=O)N1CCCCCC1. The molecule has 0 unspecified atom stereocenters. The van der Waals surface area contributed by atoms with Gasteiger partial charge in [-0.15, -0.1) is 0 Å². The van der Waals surface area contributed by atoms with Gasteiger partial charge in [-0.3, -0.25) is 4.79 Å². The second kappa shape index (κ2) is 9.64. The minimum atomic E-state index is -3.28. The predicted molar refractivity (Wildman–Crippen MR) is 93.4 cm³/mol. The van der Waals surface area contributed by atoms with Crippen molar-refractivity contribution in [2.45, 2.75) is 32.1 Å². The molecular weight excluding hydrogens is 328 g/mol. The molecule has 1 fully saturated rings. The van der Waals surface area contributed by atoms with E-state index in [1.807, 2.05) is 30.3 Å². The van der Waals surface area contributed by atoms with Crippen LogP contribution in [0.5, 0.6) is 5.75 Å². The zero-order valence-electron chi connectivity index (χ0n) is 13.9. The molecule has 0 bridgehead atoms. The summed E-state index contributed by atoms with van der Waals surface area (Å²) in [5.41, 5.74) is 0. The summed E-state index contributed by atoms with van der Waals surface area (Å²) < 4.78 is 31.5. The van der Waals surface area contributed by atoms with Gasteiger partial charge >= 0.3 is 0 Å². The molecule has 1 saturated heterocycles. The van der Waals surface area contributed by atoms with Gasteiger partial charge < -0.3 is 10.1 Å². The molecule has 0 aromatic heterocycles. The highest BCUT2D eigenvalue weighted by molar-refractivity contribution is 7.89. The maximum atomic E-state index is 12.3. The van der Waals surface area contributed by atoms with E-state index < -0.39 is 10.0 Å². The van der Waals surface area contributed by atoms with Crippen LogP contribution in [0.15, 0.2) is 30.3 Å². The van der Waals surface area contributed by atoms with Crippen molar-refractivity contribution in [1.82, 2.24) is 9.62 Å². The number of carbonyl (C=O) groups excluding carboxylic acids is 1. The third kappa shape index (κ3) is 6.49. The number of para-hydroxylation sites is 1.